The van der Waals surface area contributed by atoms with Crippen molar-refractivity contribution in [2.45, 2.75) is 37.3 Å². The van der Waals surface area contributed by atoms with Crippen molar-refractivity contribution < 1.29 is 9.53 Å². The average molecular weight is 350 g/mol. The molecule has 2 saturated heterocycles. The minimum absolute atomic E-state index is 0.0134. The highest BCUT2D eigenvalue weighted by Crippen LogP contribution is 2.33. The number of carbonyl (C=O) groups excluding carboxylic acids is 1. The lowest BCUT2D eigenvalue weighted by Crippen LogP contribution is -2.43. The van der Waals surface area contributed by atoms with Crippen LogP contribution in [0.25, 0.3) is 11.1 Å². The fraction of sp³-hybridized carbons (Fsp3) is 0.409. The number of benzene rings is 2. The van der Waals surface area contributed by atoms with E-state index in [1.807, 2.05) is 30.3 Å². The standard InChI is InChI=1S/C22H26N2O2/c25-21(24-20-15-22(26-16-20)10-12-23-13-11-22)14-17-6-8-19(9-7-17)18-4-2-1-3-5-18/h1-9,20,23H,10-16H2,(H,24,25)/t20-/m1/s1. The molecule has 2 fully saturated rings. The van der Waals surface area contributed by atoms with Crippen molar-refractivity contribution in [1.29, 1.82) is 0 Å². The molecule has 2 aliphatic rings. The molecule has 26 heavy (non-hydrogen) atoms. The average Bonchev–Trinajstić information content (AvgIpc) is 3.05. The second-order valence-electron chi connectivity index (χ2n) is 7.45. The maximum atomic E-state index is 12.4. The van der Waals surface area contributed by atoms with Gasteiger partial charge >= 0.3 is 0 Å². The predicted octanol–water partition coefficient (Wildman–Crippen LogP) is 2.92. The van der Waals surface area contributed by atoms with Gasteiger partial charge in [-0.05, 0) is 49.0 Å². The van der Waals surface area contributed by atoms with Gasteiger partial charge in [0.15, 0.2) is 0 Å². The molecule has 1 atom stereocenters. The molecule has 0 unspecified atom stereocenters. The number of ether oxygens (including phenoxy) is 1. The monoisotopic (exact) mass is 350 g/mol. The van der Waals surface area contributed by atoms with Crippen molar-refractivity contribution >= 4 is 5.91 Å². The molecule has 0 aromatic heterocycles. The zero-order valence-corrected chi connectivity index (χ0v) is 15.0. The number of nitrogens with one attached hydrogen (secondary N) is 2. The summed E-state index contributed by atoms with van der Waals surface area (Å²) in [5, 5.41) is 6.53. The highest BCUT2D eigenvalue weighted by Gasteiger charge is 2.41. The van der Waals surface area contributed by atoms with Crippen molar-refractivity contribution in [3.63, 3.8) is 0 Å². The van der Waals surface area contributed by atoms with Crippen LogP contribution in [-0.2, 0) is 16.0 Å². The summed E-state index contributed by atoms with van der Waals surface area (Å²) in [5.74, 6) is 0.0806. The molecule has 2 aliphatic heterocycles. The summed E-state index contributed by atoms with van der Waals surface area (Å²) in [5.41, 5.74) is 3.39. The second-order valence-corrected chi connectivity index (χ2v) is 7.45. The Labute approximate surface area is 155 Å². The van der Waals surface area contributed by atoms with Gasteiger partial charge in [0.2, 0.25) is 5.91 Å². The molecule has 2 aromatic carbocycles. The maximum absolute atomic E-state index is 12.4. The molecule has 0 radical (unpaired) electrons. The summed E-state index contributed by atoms with van der Waals surface area (Å²) < 4.78 is 6.06. The van der Waals surface area contributed by atoms with E-state index in [0.29, 0.717) is 13.0 Å². The third-order valence-corrected chi connectivity index (χ3v) is 5.51. The van der Waals surface area contributed by atoms with Crippen LogP contribution >= 0.6 is 0 Å². The SMILES string of the molecule is O=C(Cc1ccc(-c2ccccc2)cc1)N[C@H]1COC2(CCNCC2)C1. The van der Waals surface area contributed by atoms with E-state index in [-0.39, 0.29) is 17.6 Å². The fourth-order valence-corrected chi connectivity index (χ4v) is 4.08. The molecule has 2 aromatic rings. The number of hydrogen-bond donors (Lipinski definition) is 2. The van der Waals surface area contributed by atoms with Crippen molar-refractivity contribution in [2.24, 2.45) is 0 Å². The second kappa shape index (κ2) is 7.60. The Kier molecular flexibility index (Phi) is 5.05. The predicted molar refractivity (Wildman–Crippen MR) is 103 cm³/mol. The van der Waals surface area contributed by atoms with Crippen LogP contribution < -0.4 is 10.6 Å². The molecule has 4 nitrogen and oxygen atoms in total. The molecular weight excluding hydrogens is 324 g/mol. The van der Waals surface area contributed by atoms with Crippen LogP contribution in [0.4, 0.5) is 0 Å². The lowest BCUT2D eigenvalue weighted by Gasteiger charge is -2.32. The first kappa shape index (κ1) is 17.3. The van der Waals surface area contributed by atoms with Gasteiger partial charge < -0.3 is 15.4 Å². The Morgan fingerprint density at radius 1 is 1.04 bits per heavy atom. The smallest absolute Gasteiger partial charge is 0.224 e. The number of rotatable bonds is 4. The molecule has 0 saturated carbocycles. The summed E-state index contributed by atoms with van der Waals surface area (Å²) in [7, 11) is 0. The molecule has 2 heterocycles. The van der Waals surface area contributed by atoms with Gasteiger partial charge in [-0.2, -0.15) is 0 Å². The van der Waals surface area contributed by atoms with E-state index < -0.39 is 0 Å². The normalized spacial score (nSPS) is 21.6. The van der Waals surface area contributed by atoms with Crippen molar-refractivity contribution in [3.8, 4) is 11.1 Å². The lowest BCUT2D eigenvalue weighted by atomic mass is 9.88. The summed E-state index contributed by atoms with van der Waals surface area (Å²) in [6.45, 7) is 2.65. The Morgan fingerprint density at radius 3 is 2.46 bits per heavy atom. The van der Waals surface area contributed by atoms with E-state index in [4.69, 9.17) is 4.74 Å². The summed E-state index contributed by atoms with van der Waals surface area (Å²) in [6.07, 6.45) is 3.44. The van der Waals surface area contributed by atoms with Crippen molar-refractivity contribution in [3.05, 3.63) is 60.2 Å². The van der Waals surface area contributed by atoms with Gasteiger partial charge in [-0.15, -0.1) is 0 Å². The van der Waals surface area contributed by atoms with Gasteiger partial charge in [-0.1, -0.05) is 54.6 Å². The van der Waals surface area contributed by atoms with Crippen molar-refractivity contribution in [1.82, 2.24) is 10.6 Å². The fourth-order valence-electron chi connectivity index (χ4n) is 4.08. The van der Waals surface area contributed by atoms with E-state index >= 15 is 0 Å². The molecule has 0 bridgehead atoms. The maximum Gasteiger partial charge on any atom is 0.224 e. The molecule has 0 aliphatic carbocycles. The number of carbonyl (C=O) groups is 1. The third kappa shape index (κ3) is 3.97. The molecule has 1 spiro atoms. The molecule has 1 amide bonds. The Morgan fingerprint density at radius 2 is 1.73 bits per heavy atom. The number of amides is 1. The van der Waals surface area contributed by atoms with E-state index in [9.17, 15) is 4.79 Å². The van der Waals surface area contributed by atoms with E-state index in [1.165, 1.54) is 11.1 Å². The van der Waals surface area contributed by atoms with Crippen molar-refractivity contribution in [2.75, 3.05) is 19.7 Å². The van der Waals surface area contributed by atoms with Gasteiger partial charge in [0.25, 0.3) is 0 Å². The number of piperidine rings is 1. The molecule has 4 rings (SSSR count). The molecule has 4 heteroatoms. The summed E-state index contributed by atoms with van der Waals surface area (Å²) in [4.78, 5) is 12.4. The van der Waals surface area contributed by atoms with Crippen LogP contribution in [0.5, 0.6) is 0 Å². The largest absolute Gasteiger partial charge is 0.373 e. The van der Waals surface area contributed by atoms with E-state index in [1.54, 1.807) is 0 Å². The quantitative estimate of drug-likeness (QED) is 0.891. The Hall–Kier alpha value is -2.17. The highest BCUT2D eigenvalue weighted by molar-refractivity contribution is 5.79. The summed E-state index contributed by atoms with van der Waals surface area (Å²) >= 11 is 0. The first-order valence-electron chi connectivity index (χ1n) is 9.51. The van der Waals surface area contributed by atoms with Gasteiger partial charge in [-0.25, -0.2) is 0 Å². The van der Waals surface area contributed by atoms with Crippen LogP contribution in [0.2, 0.25) is 0 Å². The minimum atomic E-state index is -0.0134. The Bertz CT molecular complexity index is 736. The molecular formula is C22H26N2O2. The first-order valence-corrected chi connectivity index (χ1v) is 9.51. The number of hydrogen-bond acceptors (Lipinski definition) is 3. The summed E-state index contributed by atoms with van der Waals surface area (Å²) in [6, 6.07) is 18.7. The zero-order valence-electron chi connectivity index (χ0n) is 15.0. The van der Waals surface area contributed by atoms with Gasteiger partial charge in [0.05, 0.1) is 24.7 Å². The van der Waals surface area contributed by atoms with Crippen LogP contribution in [0.3, 0.4) is 0 Å². The third-order valence-electron chi connectivity index (χ3n) is 5.51. The van der Waals surface area contributed by atoms with Gasteiger partial charge in [0.1, 0.15) is 0 Å². The first-order chi connectivity index (χ1) is 12.7. The van der Waals surface area contributed by atoms with Crippen LogP contribution in [0.15, 0.2) is 54.6 Å². The van der Waals surface area contributed by atoms with Gasteiger partial charge in [0, 0.05) is 0 Å². The minimum Gasteiger partial charge on any atom is -0.373 e. The molecule has 2 N–H and O–H groups in total. The van der Waals surface area contributed by atoms with Gasteiger partial charge in [-0.3, -0.25) is 4.79 Å². The Balaban J connectivity index is 1.31. The van der Waals surface area contributed by atoms with Crippen LogP contribution in [-0.4, -0.2) is 37.2 Å². The zero-order chi connectivity index (χ0) is 17.8. The van der Waals surface area contributed by atoms with Crippen LogP contribution in [0.1, 0.15) is 24.8 Å². The highest BCUT2D eigenvalue weighted by atomic mass is 16.5. The van der Waals surface area contributed by atoms with E-state index in [2.05, 4.69) is 34.9 Å². The molecule has 136 valence electrons. The lowest BCUT2D eigenvalue weighted by molar-refractivity contribution is -0.121. The van der Waals surface area contributed by atoms with E-state index in [0.717, 1.165) is 37.9 Å². The topological polar surface area (TPSA) is 50.4 Å². The van der Waals surface area contributed by atoms with Crippen LogP contribution in [0, 0.1) is 0 Å².